The van der Waals surface area contributed by atoms with Gasteiger partial charge in [0.25, 0.3) is 0 Å². The zero-order valence-electron chi connectivity index (χ0n) is 10.6. The van der Waals surface area contributed by atoms with Gasteiger partial charge in [0.05, 0.1) is 7.11 Å². The van der Waals surface area contributed by atoms with E-state index in [4.69, 9.17) is 9.84 Å². The minimum absolute atomic E-state index is 0.310. The molecule has 2 rings (SSSR count). The number of aliphatic carboxylic acids is 1. The van der Waals surface area contributed by atoms with E-state index in [1.807, 2.05) is 36.0 Å². The summed E-state index contributed by atoms with van der Waals surface area (Å²) in [6.07, 6.45) is 3.58. The van der Waals surface area contributed by atoms with Gasteiger partial charge in [0, 0.05) is 35.3 Å². The minimum atomic E-state index is -0.908. The van der Waals surface area contributed by atoms with Crippen LogP contribution < -0.4 is 4.74 Å². The summed E-state index contributed by atoms with van der Waals surface area (Å²) in [6.45, 7) is 1.58. The van der Waals surface area contributed by atoms with Gasteiger partial charge in [-0.05, 0) is 31.2 Å². The van der Waals surface area contributed by atoms with Gasteiger partial charge in [-0.15, -0.1) is 0 Å². The Morgan fingerprint density at radius 1 is 1.44 bits per heavy atom. The van der Waals surface area contributed by atoms with Crippen molar-refractivity contribution in [2.45, 2.75) is 6.92 Å². The molecule has 0 spiro atoms. The predicted molar refractivity (Wildman–Crippen MR) is 70.8 cm³/mol. The van der Waals surface area contributed by atoms with E-state index < -0.39 is 5.97 Å². The van der Waals surface area contributed by atoms with E-state index in [1.54, 1.807) is 20.1 Å². The molecule has 0 amide bonds. The summed E-state index contributed by atoms with van der Waals surface area (Å²) < 4.78 is 7.16. The van der Waals surface area contributed by atoms with Crippen LogP contribution in [0, 0.1) is 0 Å². The highest BCUT2D eigenvalue weighted by Gasteiger charge is 2.08. The molecule has 0 aliphatic heterocycles. The average Bonchev–Trinajstić information content (AvgIpc) is 2.65. The lowest BCUT2D eigenvalue weighted by molar-refractivity contribution is -0.132. The molecule has 1 aromatic carbocycles. The number of nitrogens with zero attached hydrogens (tertiary/aromatic N) is 1. The normalized spacial score (nSPS) is 11.8. The number of ether oxygens (including phenoxy) is 1. The van der Waals surface area contributed by atoms with E-state index in [0.717, 1.165) is 22.2 Å². The Labute approximate surface area is 105 Å². The van der Waals surface area contributed by atoms with Gasteiger partial charge >= 0.3 is 5.97 Å². The Morgan fingerprint density at radius 2 is 2.17 bits per heavy atom. The van der Waals surface area contributed by atoms with Crippen LogP contribution >= 0.6 is 0 Å². The fraction of sp³-hybridized carbons (Fsp3) is 0.214. The molecule has 0 aliphatic carbocycles. The first-order chi connectivity index (χ1) is 8.52. The minimum Gasteiger partial charge on any atom is -0.497 e. The van der Waals surface area contributed by atoms with Crippen LogP contribution in [0.3, 0.4) is 0 Å². The Kier molecular flexibility index (Phi) is 3.10. The van der Waals surface area contributed by atoms with Crippen LogP contribution in [0.25, 0.3) is 17.0 Å². The standard InChI is InChI=1S/C14H15NO3/c1-9(14(16)17)6-10-8-15(2)13-5-4-11(18-3)7-12(10)13/h4-8H,1-3H3,(H,16,17)/b9-6+. The molecule has 0 bridgehead atoms. The third kappa shape index (κ3) is 2.09. The summed E-state index contributed by atoms with van der Waals surface area (Å²) in [5, 5.41) is 9.91. The molecule has 1 heterocycles. The first kappa shape index (κ1) is 12.2. The lowest BCUT2D eigenvalue weighted by Crippen LogP contribution is -1.95. The zero-order chi connectivity index (χ0) is 13.3. The third-order valence-corrected chi connectivity index (χ3v) is 2.94. The number of carboxylic acids is 1. The Hall–Kier alpha value is -2.23. The molecule has 0 aliphatic rings. The highest BCUT2D eigenvalue weighted by molar-refractivity contribution is 5.97. The van der Waals surface area contributed by atoms with Gasteiger partial charge in [0.2, 0.25) is 0 Å². The summed E-state index contributed by atoms with van der Waals surface area (Å²) in [4.78, 5) is 10.9. The first-order valence-corrected chi connectivity index (χ1v) is 5.57. The SMILES string of the molecule is COc1ccc2c(c1)c(/C=C(\C)C(=O)O)cn2C. The van der Waals surface area contributed by atoms with Crippen LogP contribution in [0.5, 0.6) is 5.75 Å². The number of hydrogen-bond donors (Lipinski definition) is 1. The van der Waals surface area contributed by atoms with Crippen LogP contribution in [0.4, 0.5) is 0 Å². The highest BCUT2D eigenvalue weighted by atomic mass is 16.5. The number of aromatic nitrogens is 1. The van der Waals surface area contributed by atoms with E-state index in [9.17, 15) is 4.79 Å². The van der Waals surface area contributed by atoms with Crippen LogP contribution in [-0.2, 0) is 11.8 Å². The second kappa shape index (κ2) is 4.56. The maximum absolute atomic E-state index is 10.9. The molecular weight excluding hydrogens is 230 g/mol. The third-order valence-electron chi connectivity index (χ3n) is 2.94. The fourth-order valence-corrected chi connectivity index (χ4v) is 1.94. The fourth-order valence-electron chi connectivity index (χ4n) is 1.94. The van der Waals surface area contributed by atoms with Crippen molar-refractivity contribution in [3.8, 4) is 5.75 Å². The summed E-state index contributed by atoms with van der Waals surface area (Å²) >= 11 is 0. The summed E-state index contributed by atoms with van der Waals surface area (Å²) in [7, 11) is 3.55. The van der Waals surface area contributed by atoms with Gasteiger partial charge < -0.3 is 14.4 Å². The van der Waals surface area contributed by atoms with Crippen molar-refractivity contribution >= 4 is 22.9 Å². The molecule has 1 N–H and O–H groups in total. The second-order valence-corrected chi connectivity index (χ2v) is 4.21. The second-order valence-electron chi connectivity index (χ2n) is 4.21. The van der Waals surface area contributed by atoms with Crippen molar-refractivity contribution < 1.29 is 14.6 Å². The average molecular weight is 245 g/mol. The van der Waals surface area contributed by atoms with Crippen molar-refractivity contribution in [3.63, 3.8) is 0 Å². The summed E-state index contributed by atoms with van der Waals surface area (Å²) in [5.74, 6) is -0.147. The Balaban J connectivity index is 2.64. The van der Waals surface area contributed by atoms with Crippen molar-refractivity contribution in [1.29, 1.82) is 0 Å². The smallest absolute Gasteiger partial charge is 0.331 e. The molecule has 18 heavy (non-hydrogen) atoms. The summed E-state index contributed by atoms with van der Waals surface area (Å²) in [5.41, 5.74) is 2.23. The van der Waals surface area contributed by atoms with E-state index in [2.05, 4.69) is 0 Å². The molecule has 0 saturated heterocycles. The molecule has 4 nitrogen and oxygen atoms in total. The molecular formula is C14H15NO3. The molecule has 4 heteroatoms. The highest BCUT2D eigenvalue weighted by Crippen LogP contribution is 2.26. The van der Waals surface area contributed by atoms with Crippen LogP contribution in [-0.4, -0.2) is 22.8 Å². The number of methoxy groups -OCH3 is 1. The first-order valence-electron chi connectivity index (χ1n) is 5.57. The quantitative estimate of drug-likeness (QED) is 0.846. The topological polar surface area (TPSA) is 51.5 Å². The van der Waals surface area contributed by atoms with Gasteiger partial charge in [-0.1, -0.05) is 0 Å². The van der Waals surface area contributed by atoms with Crippen molar-refractivity contribution in [2.24, 2.45) is 7.05 Å². The van der Waals surface area contributed by atoms with Gasteiger partial charge in [-0.2, -0.15) is 0 Å². The largest absolute Gasteiger partial charge is 0.497 e. The van der Waals surface area contributed by atoms with E-state index >= 15 is 0 Å². The molecule has 0 radical (unpaired) electrons. The van der Waals surface area contributed by atoms with Crippen LogP contribution in [0.2, 0.25) is 0 Å². The van der Waals surface area contributed by atoms with Crippen molar-refractivity contribution in [2.75, 3.05) is 7.11 Å². The molecule has 1 aromatic heterocycles. The number of benzene rings is 1. The molecule has 0 unspecified atom stereocenters. The number of carboxylic acid groups (broad SMARTS) is 1. The zero-order valence-corrected chi connectivity index (χ0v) is 10.6. The maximum Gasteiger partial charge on any atom is 0.331 e. The Morgan fingerprint density at radius 3 is 2.78 bits per heavy atom. The van der Waals surface area contributed by atoms with Crippen molar-refractivity contribution in [3.05, 3.63) is 35.5 Å². The van der Waals surface area contributed by atoms with E-state index in [0.29, 0.717) is 5.57 Å². The van der Waals surface area contributed by atoms with Crippen molar-refractivity contribution in [1.82, 2.24) is 4.57 Å². The number of aryl methyl sites for hydroxylation is 1. The molecule has 2 aromatic rings. The van der Waals surface area contributed by atoms with Gasteiger partial charge in [0.1, 0.15) is 5.75 Å². The lowest BCUT2D eigenvalue weighted by Gasteiger charge is -2.01. The monoisotopic (exact) mass is 245 g/mol. The molecule has 94 valence electrons. The predicted octanol–water partition coefficient (Wildman–Crippen LogP) is 2.67. The number of carbonyl (C=O) groups is 1. The van der Waals surface area contributed by atoms with Crippen LogP contribution in [0.1, 0.15) is 12.5 Å². The van der Waals surface area contributed by atoms with Gasteiger partial charge in [-0.25, -0.2) is 4.79 Å². The van der Waals surface area contributed by atoms with Crippen LogP contribution in [0.15, 0.2) is 30.0 Å². The van der Waals surface area contributed by atoms with Gasteiger partial charge in [-0.3, -0.25) is 0 Å². The summed E-state index contributed by atoms with van der Waals surface area (Å²) in [6, 6.07) is 5.76. The molecule has 0 atom stereocenters. The number of fused-ring (bicyclic) bond motifs is 1. The number of rotatable bonds is 3. The van der Waals surface area contributed by atoms with Gasteiger partial charge in [0.15, 0.2) is 0 Å². The lowest BCUT2D eigenvalue weighted by atomic mass is 10.1. The molecule has 0 fully saturated rings. The maximum atomic E-state index is 10.9. The van der Waals surface area contributed by atoms with E-state index in [1.165, 1.54) is 0 Å². The molecule has 0 saturated carbocycles. The number of hydrogen-bond acceptors (Lipinski definition) is 2. The Bertz CT molecular complexity index is 638. The van der Waals surface area contributed by atoms with E-state index in [-0.39, 0.29) is 0 Å².